The zero-order valence-electron chi connectivity index (χ0n) is 9.50. The Hall–Kier alpha value is -2.29. The summed E-state index contributed by atoms with van der Waals surface area (Å²) >= 11 is 0. The van der Waals surface area contributed by atoms with Crippen LogP contribution in [0.5, 0.6) is 11.5 Å². The second-order valence-corrected chi connectivity index (χ2v) is 3.52. The molecule has 0 saturated carbocycles. The molecule has 0 radical (unpaired) electrons. The van der Waals surface area contributed by atoms with E-state index in [4.69, 9.17) is 4.74 Å². The molecule has 17 heavy (non-hydrogen) atoms. The lowest BCUT2D eigenvalue weighted by atomic mass is 10.1. The van der Waals surface area contributed by atoms with E-state index in [1.165, 1.54) is 7.11 Å². The number of benzene rings is 1. The van der Waals surface area contributed by atoms with Gasteiger partial charge in [-0.3, -0.25) is 4.98 Å². The van der Waals surface area contributed by atoms with Gasteiger partial charge in [-0.05, 0) is 35.9 Å². The first-order valence-electron chi connectivity index (χ1n) is 5.26. The first kappa shape index (κ1) is 11.2. The minimum atomic E-state index is 0.141. The number of phenols is 1. The van der Waals surface area contributed by atoms with Gasteiger partial charge in [-0.15, -0.1) is 0 Å². The molecule has 0 bridgehead atoms. The van der Waals surface area contributed by atoms with Gasteiger partial charge in [-0.1, -0.05) is 18.2 Å². The second kappa shape index (κ2) is 5.16. The first-order chi connectivity index (χ1) is 8.29. The molecule has 2 rings (SSSR count). The smallest absolute Gasteiger partial charge is 0.161 e. The van der Waals surface area contributed by atoms with Crippen molar-refractivity contribution in [3.63, 3.8) is 0 Å². The number of rotatable bonds is 3. The lowest BCUT2D eigenvalue weighted by molar-refractivity contribution is 0.373. The fourth-order valence-corrected chi connectivity index (χ4v) is 1.45. The molecule has 0 spiro atoms. The molecule has 1 heterocycles. The Balaban J connectivity index is 2.22. The molecule has 1 N–H and O–H groups in total. The average molecular weight is 227 g/mol. The number of hydrogen-bond acceptors (Lipinski definition) is 3. The van der Waals surface area contributed by atoms with E-state index in [0.717, 1.165) is 11.3 Å². The molecule has 0 aliphatic rings. The zero-order valence-corrected chi connectivity index (χ0v) is 9.50. The molecule has 1 aromatic carbocycles. The number of pyridine rings is 1. The molecule has 0 atom stereocenters. The molecular weight excluding hydrogens is 214 g/mol. The standard InChI is InChI=1S/C14H13NO2/c1-17-14-10-11(6-8-13(14)16)5-7-12-4-2-3-9-15-12/h2-10,16H,1H3/b7-5+. The third-order valence-electron chi connectivity index (χ3n) is 2.34. The maximum atomic E-state index is 9.46. The Labute approximate surface area is 100 Å². The summed E-state index contributed by atoms with van der Waals surface area (Å²) in [4.78, 5) is 4.19. The van der Waals surface area contributed by atoms with Gasteiger partial charge in [0.2, 0.25) is 0 Å². The number of phenolic OH excluding ortho intramolecular Hbond substituents is 1. The Morgan fingerprint density at radius 2 is 2.06 bits per heavy atom. The summed E-state index contributed by atoms with van der Waals surface area (Å²) in [5, 5.41) is 9.46. The summed E-state index contributed by atoms with van der Waals surface area (Å²) in [6.45, 7) is 0. The van der Waals surface area contributed by atoms with E-state index in [-0.39, 0.29) is 5.75 Å². The summed E-state index contributed by atoms with van der Waals surface area (Å²) in [6.07, 6.45) is 5.58. The lowest BCUT2D eigenvalue weighted by Crippen LogP contribution is -1.84. The Morgan fingerprint density at radius 1 is 1.18 bits per heavy atom. The van der Waals surface area contributed by atoms with Crippen molar-refractivity contribution in [1.82, 2.24) is 4.98 Å². The van der Waals surface area contributed by atoms with Crippen LogP contribution in [-0.4, -0.2) is 17.2 Å². The predicted molar refractivity (Wildman–Crippen MR) is 67.8 cm³/mol. The van der Waals surface area contributed by atoms with Crippen LogP contribution in [0.3, 0.4) is 0 Å². The Morgan fingerprint density at radius 3 is 2.76 bits per heavy atom. The molecule has 86 valence electrons. The van der Waals surface area contributed by atoms with Gasteiger partial charge in [0.15, 0.2) is 11.5 Å². The van der Waals surface area contributed by atoms with Crippen LogP contribution in [0.2, 0.25) is 0 Å². The van der Waals surface area contributed by atoms with Crippen LogP contribution in [0, 0.1) is 0 Å². The van der Waals surface area contributed by atoms with Crippen molar-refractivity contribution in [2.24, 2.45) is 0 Å². The molecule has 0 saturated heterocycles. The topological polar surface area (TPSA) is 42.4 Å². The van der Waals surface area contributed by atoms with Gasteiger partial charge in [0.05, 0.1) is 12.8 Å². The van der Waals surface area contributed by atoms with E-state index in [1.807, 2.05) is 36.4 Å². The molecule has 0 aliphatic carbocycles. The monoisotopic (exact) mass is 227 g/mol. The largest absolute Gasteiger partial charge is 0.504 e. The summed E-state index contributed by atoms with van der Waals surface area (Å²) < 4.78 is 5.04. The molecule has 0 unspecified atom stereocenters. The number of aromatic nitrogens is 1. The van der Waals surface area contributed by atoms with E-state index in [2.05, 4.69) is 4.98 Å². The van der Waals surface area contributed by atoms with Crippen molar-refractivity contribution in [3.8, 4) is 11.5 Å². The van der Waals surface area contributed by atoms with Crippen molar-refractivity contribution in [1.29, 1.82) is 0 Å². The van der Waals surface area contributed by atoms with Crippen LogP contribution < -0.4 is 4.74 Å². The SMILES string of the molecule is COc1cc(/C=C/c2ccccn2)ccc1O. The molecule has 3 heteroatoms. The minimum Gasteiger partial charge on any atom is -0.504 e. The van der Waals surface area contributed by atoms with Crippen molar-refractivity contribution >= 4 is 12.2 Å². The third-order valence-corrected chi connectivity index (χ3v) is 2.34. The van der Waals surface area contributed by atoms with Gasteiger partial charge in [0.1, 0.15) is 0 Å². The zero-order chi connectivity index (χ0) is 12.1. The number of aromatic hydroxyl groups is 1. The van der Waals surface area contributed by atoms with Gasteiger partial charge in [-0.25, -0.2) is 0 Å². The highest BCUT2D eigenvalue weighted by Gasteiger charge is 2.00. The Kier molecular flexibility index (Phi) is 3.40. The Bertz CT molecular complexity index is 521. The van der Waals surface area contributed by atoms with Crippen molar-refractivity contribution < 1.29 is 9.84 Å². The van der Waals surface area contributed by atoms with Gasteiger partial charge in [0.25, 0.3) is 0 Å². The highest BCUT2D eigenvalue weighted by molar-refractivity contribution is 5.69. The minimum absolute atomic E-state index is 0.141. The molecule has 0 amide bonds. The van der Waals surface area contributed by atoms with Gasteiger partial charge < -0.3 is 9.84 Å². The molecule has 1 aromatic heterocycles. The molecule has 3 nitrogen and oxygen atoms in total. The maximum absolute atomic E-state index is 9.46. The summed E-state index contributed by atoms with van der Waals surface area (Å²) in [7, 11) is 1.53. The van der Waals surface area contributed by atoms with E-state index in [0.29, 0.717) is 5.75 Å². The molecule has 0 aliphatic heterocycles. The number of nitrogens with zero attached hydrogens (tertiary/aromatic N) is 1. The number of hydrogen-bond donors (Lipinski definition) is 1. The van der Waals surface area contributed by atoms with Gasteiger partial charge in [0, 0.05) is 6.20 Å². The second-order valence-electron chi connectivity index (χ2n) is 3.52. The van der Waals surface area contributed by atoms with Crippen molar-refractivity contribution in [2.45, 2.75) is 0 Å². The summed E-state index contributed by atoms with van der Waals surface area (Å²) in [6, 6.07) is 10.9. The van der Waals surface area contributed by atoms with Crippen LogP contribution in [0.1, 0.15) is 11.3 Å². The number of methoxy groups -OCH3 is 1. The first-order valence-corrected chi connectivity index (χ1v) is 5.26. The third kappa shape index (κ3) is 2.84. The van der Waals surface area contributed by atoms with Crippen LogP contribution in [0.25, 0.3) is 12.2 Å². The van der Waals surface area contributed by atoms with E-state index < -0.39 is 0 Å². The van der Waals surface area contributed by atoms with Gasteiger partial charge in [-0.2, -0.15) is 0 Å². The normalized spacial score (nSPS) is 10.6. The van der Waals surface area contributed by atoms with E-state index >= 15 is 0 Å². The fourth-order valence-electron chi connectivity index (χ4n) is 1.45. The molecule has 0 fully saturated rings. The maximum Gasteiger partial charge on any atom is 0.161 e. The van der Waals surface area contributed by atoms with Crippen molar-refractivity contribution in [3.05, 3.63) is 53.9 Å². The fraction of sp³-hybridized carbons (Fsp3) is 0.0714. The highest BCUT2D eigenvalue weighted by atomic mass is 16.5. The quantitative estimate of drug-likeness (QED) is 0.876. The molecular formula is C14H13NO2. The van der Waals surface area contributed by atoms with E-state index in [1.54, 1.807) is 18.3 Å². The summed E-state index contributed by atoms with van der Waals surface area (Å²) in [5.41, 5.74) is 1.84. The van der Waals surface area contributed by atoms with Gasteiger partial charge >= 0.3 is 0 Å². The number of ether oxygens (including phenoxy) is 1. The summed E-state index contributed by atoms with van der Waals surface area (Å²) in [5.74, 6) is 0.607. The predicted octanol–water partition coefficient (Wildman–Crippen LogP) is 2.97. The molecule has 2 aromatic rings. The van der Waals surface area contributed by atoms with Crippen LogP contribution in [0.15, 0.2) is 42.6 Å². The van der Waals surface area contributed by atoms with E-state index in [9.17, 15) is 5.11 Å². The van der Waals surface area contributed by atoms with Crippen LogP contribution in [-0.2, 0) is 0 Å². The van der Waals surface area contributed by atoms with Crippen molar-refractivity contribution in [2.75, 3.05) is 7.11 Å². The van der Waals surface area contributed by atoms with Crippen LogP contribution >= 0.6 is 0 Å². The van der Waals surface area contributed by atoms with Crippen LogP contribution in [0.4, 0.5) is 0 Å². The lowest BCUT2D eigenvalue weighted by Gasteiger charge is -2.03. The highest BCUT2D eigenvalue weighted by Crippen LogP contribution is 2.26. The average Bonchev–Trinajstić information content (AvgIpc) is 2.39.